The number of aliphatic hydroxyl groups is 1. The molecular weight excluding hydrogens is 771 g/mol. The average Bonchev–Trinajstić information content (AvgIpc) is 3.81. The SMILES string of the molecule is C=CCN1C(=O)[C@]2(O[C@H](CC(=O)N(CCO)Cc3ccccc3)[C@@H]([Si](C)(C)c3ccc(OC)cc3)[C@@H]2C)c2cc(N3CN(c4ccccc4)C4(CCNCC4)C3=O)ccc21. The largest absolute Gasteiger partial charge is 0.497 e. The van der Waals surface area contributed by atoms with Gasteiger partial charge < -0.3 is 34.6 Å². The Kier molecular flexibility index (Phi) is 11.5. The number of piperidine rings is 1. The van der Waals surface area contributed by atoms with Crippen molar-refractivity contribution in [1.29, 1.82) is 0 Å². The van der Waals surface area contributed by atoms with Crippen LogP contribution in [-0.4, -0.2) is 94.0 Å². The molecule has 4 aliphatic heterocycles. The predicted octanol–water partition coefficient (Wildman–Crippen LogP) is 5.79. The van der Waals surface area contributed by atoms with Crippen molar-refractivity contribution in [3.63, 3.8) is 0 Å². The number of benzene rings is 4. The lowest BCUT2D eigenvalue weighted by Gasteiger charge is -2.39. The van der Waals surface area contributed by atoms with Crippen molar-refractivity contribution in [3.8, 4) is 5.75 Å². The molecular formula is C48H57N5O6Si. The van der Waals surface area contributed by atoms with Crippen LogP contribution in [0.3, 0.4) is 0 Å². The lowest BCUT2D eigenvalue weighted by molar-refractivity contribution is -0.149. The molecule has 3 amide bonds. The smallest absolute Gasteiger partial charge is 0.264 e. The first-order valence-corrected chi connectivity index (χ1v) is 24.3. The molecule has 8 rings (SSSR count). The number of anilines is 3. The number of aliphatic hydroxyl groups excluding tert-OH is 1. The fourth-order valence-corrected chi connectivity index (χ4v) is 14.7. The fraction of sp³-hybridized carbons (Fsp3) is 0.396. The Morgan fingerprint density at radius 1 is 0.967 bits per heavy atom. The number of hydrogen-bond acceptors (Lipinski definition) is 8. The van der Waals surface area contributed by atoms with Crippen LogP contribution in [0.25, 0.3) is 0 Å². The number of fused-ring (bicyclic) bond motifs is 2. The molecule has 2 spiro atoms. The molecule has 4 atom stereocenters. The molecule has 2 N–H and O–H groups in total. The summed E-state index contributed by atoms with van der Waals surface area (Å²) in [5.41, 5.74) is 1.77. The van der Waals surface area contributed by atoms with E-state index in [0.29, 0.717) is 37.3 Å². The van der Waals surface area contributed by atoms with Crippen LogP contribution in [0.4, 0.5) is 17.1 Å². The molecule has 3 fully saturated rings. The number of rotatable bonds is 13. The third kappa shape index (κ3) is 6.93. The Morgan fingerprint density at radius 3 is 2.30 bits per heavy atom. The maximum Gasteiger partial charge on any atom is 0.264 e. The lowest BCUT2D eigenvalue weighted by atomic mass is 9.82. The highest BCUT2D eigenvalue weighted by molar-refractivity contribution is 6.91. The number of hydrogen-bond donors (Lipinski definition) is 2. The molecule has 12 heteroatoms. The van der Waals surface area contributed by atoms with E-state index in [4.69, 9.17) is 9.47 Å². The van der Waals surface area contributed by atoms with Gasteiger partial charge in [0.1, 0.15) is 11.3 Å². The second-order valence-corrected chi connectivity index (χ2v) is 21.9. The van der Waals surface area contributed by atoms with Gasteiger partial charge in [-0.1, -0.05) is 91.9 Å². The molecule has 4 heterocycles. The molecule has 0 unspecified atom stereocenters. The Balaban J connectivity index is 1.22. The molecule has 0 saturated carbocycles. The Labute approximate surface area is 354 Å². The molecule has 0 bridgehead atoms. The second-order valence-electron chi connectivity index (χ2n) is 17.2. The number of nitrogens with zero attached hydrogens (tertiary/aromatic N) is 4. The summed E-state index contributed by atoms with van der Waals surface area (Å²) in [6.07, 6.45) is 2.49. The first-order chi connectivity index (χ1) is 29.0. The zero-order valence-electron chi connectivity index (χ0n) is 35.2. The number of para-hydroxylation sites is 1. The summed E-state index contributed by atoms with van der Waals surface area (Å²) in [5.74, 6) is 0.105. The van der Waals surface area contributed by atoms with E-state index in [0.717, 1.165) is 41.0 Å². The molecule has 60 heavy (non-hydrogen) atoms. The molecule has 0 radical (unpaired) electrons. The molecule has 314 valence electrons. The van der Waals surface area contributed by atoms with Crippen LogP contribution < -0.4 is 29.9 Å². The minimum atomic E-state index is -2.58. The van der Waals surface area contributed by atoms with E-state index in [1.165, 1.54) is 0 Å². The van der Waals surface area contributed by atoms with E-state index in [-0.39, 0.29) is 55.3 Å². The van der Waals surface area contributed by atoms with Crippen molar-refractivity contribution >= 4 is 48.0 Å². The van der Waals surface area contributed by atoms with Crippen LogP contribution in [0.2, 0.25) is 18.6 Å². The van der Waals surface area contributed by atoms with Crippen LogP contribution >= 0.6 is 0 Å². The van der Waals surface area contributed by atoms with Gasteiger partial charge in [0.25, 0.3) is 11.8 Å². The van der Waals surface area contributed by atoms with Gasteiger partial charge in [-0.05, 0) is 79.5 Å². The zero-order valence-corrected chi connectivity index (χ0v) is 36.2. The minimum Gasteiger partial charge on any atom is -0.497 e. The summed E-state index contributed by atoms with van der Waals surface area (Å²) in [6, 6.07) is 34.0. The second kappa shape index (κ2) is 16.6. The highest BCUT2D eigenvalue weighted by atomic mass is 28.3. The number of carbonyl (C=O) groups excluding carboxylic acids is 3. The van der Waals surface area contributed by atoms with Crippen LogP contribution in [-0.2, 0) is 31.3 Å². The number of ether oxygens (including phenoxy) is 2. The van der Waals surface area contributed by atoms with Gasteiger partial charge in [0.15, 0.2) is 5.60 Å². The zero-order chi connectivity index (χ0) is 42.2. The molecule has 0 aliphatic carbocycles. The van der Waals surface area contributed by atoms with Gasteiger partial charge in [-0.25, -0.2) is 0 Å². The molecule has 11 nitrogen and oxygen atoms in total. The highest BCUT2D eigenvalue weighted by Gasteiger charge is 2.67. The summed E-state index contributed by atoms with van der Waals surface area (Å²) in [7, 11) is -0.930. The van der Waals surface area contributed by atoms with E-state index in [9.17, 15) is 14.7 Å². The monoisotopic (exact) mass is 827 g/mol. The van der Waals surface area contributed by atoms with Crippen molar-refractivity contribution in [1.82, 2.24) is 10.2 Å². The van der Waals surface area contributed by atoms with Gasteiger partial charge in [0.05, 0.1) is 46.7 Å². The van der Waals surface area contributed by atoms with E-state index < -0.39 is 25.3 Å². The maximum atomic E-state index is 15.3. The third-order valence-electron chi connectivity index (χ3n) is 13.7. The van der Waals surface area contributed by atoms with Crippen LogP contribution in [0.1, 0.15) is 37.3 Å². The Morgan fingerprint density at radius 2 is 1.65 bits per heavy atom. The summed E-state index contributed by atoms with van der Waals surface area (Å²) >= 11 is 0. The number of methoxy groups -OCH3 is 1. The summed E-state index contributed by atoms with van der Waals surface area (Å²) in [5, 5.41) is 14.7. The van der Waals surface area contributed by atoms with Gasteiger partial charge in [-0.2, -0.15) is 0 Å². The number of carbonyl (C=O) groups is 3. The van der Waals surface area contributed by atoms with Crippen molar-refractivity contribution in [2.75, 3.05) is 61.3 Å². The predicted molar refractivity (Wildman–Crippen MR) is 238 cm³/mol. The lowest BCUT2D eigenvalue weighted by Crippen LogP contribution is -2.55. The standard InChI is InChI=1S/C48H57N5O6Si/c1-6-27-51-41-22-17-37(52-33-53(36-15-11-8-12-16-36)47(45(52)56)23-25-49-26-24-47)30-40(41)48(46(51)57)34(2)44(60(4,5)39-20-18-38(58-3)19-21-39)42(59-48)31-43(55)50(28-29-54)32-35-13-9-7-10-14-35/h6-22,30,34,42,44,49,54H,1,23-29,31-33H2,2-5H3/t34-,42+,44-,48+/m0/s1. The van der Waals surface area contributed by atoms with E-state index in [1.54, 1.807) is 23.0 Å². The third-order valence-corrected chi connectivity index (χ3v) is 18.1. The summed E-state index contributed by atoms with van der Waals surface area (Å²) in [6.45, 7) is 13.2. The van der Waals surface area contributed by atoms with Crippen molar-refractivity contribution < 1.29 is 29.0 Å². The van der Waals surface area contributed by atoms with Gasteiger partial charge >= 0.3 is 0 Å². The normalized spacial score (nSPS) is 23.4. The Bertz CT molecular complexity index is 2220. The van der Waals surface area contributed by atoms with E-state index in [1.807, 2.05) is 83.8 Å². The van der Waals surface area contributed by atoms with Crippen LogP contribution in [0.15, 0.2) is 116 Å². The number of nitrogens with one attached hydrogen (secondary N) is 1. The van der Waals surface area contributed by atoms with Gasteiger partial charge in [-0.15, -0.1) is 6.58 Å². The summed E-state index contributed by atoms with van der Waals surface area (Å²) in [4.78, 5) is 52.2. The van der Waals surface area contributed by atoms with Gasteiger partial charge in [0, 0.05) is 42.5 Å². The first-order valence-electron chi connectivity index (χ1n) is 21.2. The molecule has 3 saturated heterocycles. The van der Waals surface area contributed by atoms with Crippen molar-refractivity contribution in [2.45, 2.75) is 68.6 Å². The van der Waals surface area contributed by atoms with Gasteiger partial charge in [-0.3, -0.25) is 19.3 Å². The molecule has 4 aromatic rings. The summed E-state index contributed by atoms with van der Waals surface area (Å²) < 4.78 is 12.9. The first kappa shape index (κ1) is 41.5. The fourth-order valence-electron chi connectivity index (χ4n) is 10.7. The van der Waals surface area contributed by atoms with Crippen LogP contribution in [0.5, 0.6) is 5.75 Å². The molecule has 4 aliphatic rings. The van der Waals surface area contributed by atoms with E-state index >= 15 is 4.79 Å². The van der Waals surface area contributed by atoms with Crippen molar-refractivity contribution in [3.05, 3.63) is 127 Å². The number of amides is 3. The maximum absolute atomic E-state index is 15.3. The van der Waals surface area contributed by atoms with Crippen LogP contribution in [0, 0.1) is 5.92 Å². The van der Waals surface area contributed by atoms with Gasteiger partial charge in [0.2, 0.25) is 5.91 Å². The molecule has 0 aromatic heterocycles. The minimum absolute atomic E-state index is 0.0349. The molecule has 4 aromatic carbocycles. The average molecular weight is 828 g/mol. The quantitative estimate of drug-likeness (QED) is 0.129. The topological polar surface area (TPSA) is 115 Å². The Hall–Kier alpha value is -5.27. The van der Waals surface area contributed by atoms with E-state index in [2.05, 4.69) is 61.1 Å². The van der Waals surface area contributed by atoms with Crippen molar-refractivity contribution in [2.24, 2.45) is 5.92 Å². The highest BCUT2D eigenvalue weighted by Crippen LogP contribution is 2.60.